The lowest BCUT2D eigenvalue weighted by Gasteiger charge is -2.09. The number of nitrogens with zero attached hydrogens (tertiary/aromatic N) is 1. The molecule has 0 aliphatic carbocycles. The van der Waals surface area contributed by atoms with E-state index in [1.165, 1.54) is 0 Å². The van der Waals surface area contributed by atoms with Crippen LogP contribution in [0.1, 0.15) is 13.8 Å². The molecule has 0 aliphatic rings. The highest BCUT2D eigenvalue weighted by Gasteiger charge is 2.14. The smallest absolute Gasteiger partial charge is 0.492 e. The lowest BCUT2D eigenvalue weighted by atomic mass is 10.2. The molecule has 8 nitrogen and oxygen atoms in total. The van der Waals surface area contributed by atoms with E-state index in [4.69, 9.17) is 10.2 Å². The molecule has 1 aromatic rings. The van der Waals surface area contributed by atoms with Crippen molar-refractivity contribution in [3.8, 4) is 11.8 Å². The van der Waals surface area contributed by atoms with Crippen LogP contribution in [0.15, 0.2) is 12.1 Å². The Morgan fingerprint density at radius 1 is 1.22 bits per heavy atom. The molecule has 0 bridgehead atoms. The van der Waals surface area contributed by atoms with Crippen molar-refractivity contribution in [2.45, 2.75) is 13.8 Å². The van der Waals surface area contributed by atoms with Crippen molar-refractivity contribution >= 4 is 12.1 Å². The predicted molar refractivity (Wildman–Crippen MR) is 56.6 cm³/mol. The second-order valence-corrected chi connectivity index (χ2v) is 3.57. The molecule has 0 unspecified atom stereocenters. The molecule has 0 fully saturated rings. The van der Waals surface area contributed by atoms with Crippen molar-refractivity contribution in [2.75, 3.05) is 6.79 Å². The Hall–Kier alpha value is -2.38. The predicted octanol–water partition coefficient (Wildman–Crippen LogP) is 0.621. The fourth-order valence-electron chi connectivity index (χ4n) is 0.899. The van der Waals surface area contributed by atoms with Gasteiger partial charge in [0.1, 0.15) is 0 Å². The van der Waals surface area contributed by atoms with Crippen LogP contribution in [0.25, 0.3) is 0 Å². The second kappa shape index (κ2) is 5.80. The Morgan fingerprint density at radius 2 is 1.78 bits per heavy atom. The van der Waals surface area contributed by atoms with Crippen molar-refractivity contribution in [3.05, 3.63) is 12.1 Å². The molecular weight excluding hydrogens is 246 g/mol. The number of carbonyl (C=O) groups excluding carboxylic acids is 2. The summed E-state index contributed by atoms with van der Waals surface area (Å²) in [5.41, 5.74) is 0. The summed E-state index contributed by atoms with van der Waals surface area (Å²) >= 11 is 0. The minimum absolute atomic E-state index is 0.345. The zero-order valence-electron chi connectivity index (χ0n) is 9.82. The van der Waals surface area contributed by atoms with Crippen molar-refractivity contribution in [3.63, 3.8) is 0 Å². The van der Waals surface area contributed by atoms with E-state index in [-0.39, 0.29) is 5.92 Å². The average molecular weight is 259 g/mol. The van der Waals surface area contributed by atoms with Crippen LogP contribution >= 0.6 is 0 Å². The highest BCUT2D eigenvalue weighted by Crippen LogP contribution is 2.18. The van der Waals surface area contributed by atoms with Gasteiger partial charge in [-0.25, -0.2) is 4.79 Å². The average Bonchev–Trinajstić information content (AvgIpc) is 2.60. The van der Waals surface area contributed by atoms with Crippen molar-refractivity contribution in [2.24, 2.45) is 5.92 Å². The SMILES string of the molecule is CC(C)C(=O)OCOC(=O)On1c(O)ccc1O. The van der Waals surface area contributed by atoms with Gasteiger partial charge in [0.2, 0.25) is 18.6 Å². The van der Waals surface area contributed by atoms with Crippen LogP contribution in [-0.4, -0.2) is 33.9 Å². The van der Waals surface area contributed by atoms with E-state index in [2.05, 4.69) is 14.3 Å². The zero-order chi connectivity index (χ0) is 13.7. The summed E-state index contributed by atoms with van der Waals surface area (Å²) in [5.74, 6) is -1.84. The summed E-state index contributed by atoms with van der Waals surface area (Å²) in [7, 11) is 0. The summed E-state index contributed by atoms with van der Waals surface area (Å²) in [5, 5.41) is 18.3. The minimum Gasteiger partial charge on any atom is -0.492 e. The maximum atomic E-state index is 11.1. The van der Waals surface area contributed by atoms with E-state index in [1.54, 1.807) is 13.8 Å². The Balaban J connectivity index is 2.37. The Bertz CT molecular complexity index is 418. The topological polar surface area (TPSA) is 107 Å². The lowest BCUT2D eigenvalue weighted by molar-refractivity contribution is -0.157. The van der Waals surface area contributed by atoms with Crippen LogP contribution in [0.4, 0.5) is 4.79 Å². The number of aromatic hydroxyl groups is 2. The van der Waals surface area contributed by atoms with Gasteiger partial charge >= 0.3 is 12.1 Å². The van der Waals surface area contributed by atoms with Gasteiger partial charge in [-0.2, -0.15) is 0 Å². The molecule has 0 radical (unpaired) electrons. The standard InChI is InChI=1S/C10H13NO7/c1-6(2)9(14)16-5-17-10(15)18-11-7(12)3-4-8(11)13/h3-4,6,12-13H,5H2,1-2H3. The molecule has 100 valence electrons. The van der Waals surface area contributed by atoms with Gasteiger partial charge in [-0.3, -0.25) is 9.63 Å². The first-order valence-corrected chi connectivity index (χ1v) is 5.03. The number of hydrogen-bond acceptors (Lipinski definition) is 7. The maximum Gasteiger partial charge on any atom is 0.536 e. The third-order valence-corrected chi connectivity index (χ3v) is 1.81. The normalized spacial score (nSPS) is 10.2. The van der Waals surface area contributed by atoms with E-state index in [9.17, 15) is 9.59 Å². The third kappa shape index (κ3) is 3.58. The summed E-state index contributed by atoms with van der Waals surface area (Å²) in [6.45, 7) is 2.63. The molecule has 8 heteroatoms. The molecule has 18 heavy (non-hydrogen) atoms. The third-order valence-electron chi connectivity index (χ3n) is 1.81. The maximum absolute atomic E-state index is 11.1. The van der Waals surface area contributed by atoms with Gasteiger partial charge in [0.25, 0.3) is 0 Å². The van der Waals surface area contributed by atoms with E-state index in [1.807, 2.05) is 0 Å². The Labute approximate surface area is 102 Å². The van der Waals surface area contributed by atoms with Crippen LogP contribution in [0.5, 0.6) is 11.8 Å². The van der Waals surface area contributed by atoms with Crippen LogP contribution < -0.4 is 4.84 Å². The number of aromatic nitrogens is 1. The quantitative estimate of drug-likeness (QED) is 0.602. The molecule has 0 aromatic carbocycles. The molecule has 0 amide bonds. The Kier molecular flexibility index (Phi) is 4.41. The molecule has 0 spiro atoms. The van der Waals surface area contributed by atoms with E-state index in [0.717, 1.165) is 12.1 Å². The molecular formula is C10H13NO7. The summed E-state index contributed by atoms with van der Waals surface area (Å²) < 4.78 is 9.41. The largest absolute Gasteiger partial charge is 0.536 e. The molecule has 2 N–H and O–H groups in total. The van der Waals surface area contributed by atoms with Crippen molar-refractivity contribution in [1.82, 2.24) is 4.73 Å². The van der Waals surface area contributed by atoms with Gasteiger partial charge in [-0.15, -0.1) is 4.73 Å². The minimum atomic E-state index is -1.24. The highest BCUT2D eigenvalue weighted by molar-refractivity contribution is 5.71. The zero-order valence-corrected chi connectivity index (χ0v) is 9.82. The van der Waals surface area contributed by atoms with E-state index in [0.29, 0.717) is 4.73 Å². The number of carbonyl (C=O) groups is 2. The molecule has 0 saturated carbocycles. The molecule has 1 aromatic heterocycles. The van der Waals surface area contributed by atoms with Crippen molar-refractivity contribution in [1.29, 1.82) is 0 Å². The number of ether oxygens (including phenoxy) is 2. The monoisotopic (exact) mass is 259 g/mol. The van der Waals surface area contributed by atoms with E-state index < -0.39 is 30.7 Å². The highest BCUT2D eigenvalue weighted by atomic mass is 16.8. The van der Waals surface area contributed by atoms with Gasteiger partial charge in [0.05, 0.1) is 5.92 Å². The fraction of sp³-hybridized carbons (Fsp3) is 0.400. The van der Waals surface area contributed by atoms with E-state index >= 15 is 0 Å². The fourth-order valence-corrected chi connectivity index (χ4v) is 0.899. The van der Waals surface area contributed by atoms with Crippen molar-refractivity contribution < 1.29 is 34.1 Å². The number of esters is 1. The molecule has 1 heterocycles. The lowest BCUT2D eigenvalue weighted by Crippen LogP contribution is -2.23. The molecule has 1 rings (SSSR count). The molecule has 0 aliphatic heterocycles. The van der Waals surface area contributed by atoms with Crippen LogP contribution in [0.3, 0.4) is 0 Å². The van der Waals surface area contributed by atoms with Crippen LogP contribution in [-0.2, 0) is 14.3 Å². The molecule has 0 saturated heterocycles. The number of hydrogen-bond donors (Lipinski definition) is 2. The van der Waals surface area contributed by atoms with Gasteiger partial charge in [-0.1, -0.05) is 13.8 Å². The van der Waals surface area contributed by atoms with Gasteiger partial charge in [-0.05, 0) is 0 Å². The summed E-state index contributed by atoms with van der Waals surface area (Å²) in [4.78, 5) is 26.5. The number of rotatable bonds is 4. The van der Waals surface area contributed by atoms with Crippen LogP contribution in [0, 0.1) is 5.92 Å². The first-order valence-electron chi connectivity index (χ1n) is 5.03. The second-order valence-electron chi connectivity index (χ2n) is 3.57. The van der Waals surface area contributed by atoms with Gasteiger partial charge in [0.15, 0.2) is 0 Å². The molecule has 0 atom stereocenters. The first kappa shape index (κ1) is 13.7. The summed E-state index contributed by atoms with van der Waals surface area (Å²) in [6.07, 6.45) is -1.24. The van der Waals surface area contributed by atoms with Crippen LogP contribution in [0.2, 0.25) is 0 Å². The van der Waals surface area contributed by atoms with Gasteiger partial charge in [0, 0.05) is 12.1 Å². The first-order chi connectivity index (χ1) is 8.41. The van der Waals surface area contributed by atoms with Gasteiger partial charge < -0.3 is 19.7 Å². The Morgan fingerprint density at radius 3 is 2.28 bits per heavy atom. The summed E-state index contributed by atoms with van der Waals surface area (Å²) in [6, 6.07) is 2.23.